The van der Waals surface area contributed by atoms with Crippen molar-refractivity contribution in [2.45, 2.75) is 71.9 Å². The van der Waals surface area contributed by atoms with E-state index in [2.05, 4.69) is 267 Å². The normalized spacial score (nSPS) is 12.8. The number of aromatic amines is 2. The summed E-state index contributed by atoms with van der Waals surface area (Å²) in [6, 6.07) is 106. The Kier molecular flexibility index (Phi) is 36.7. The van der Waals surface area contributed by atoms with E-state index in [0.717, 1.165) is 43.7 Å². The molecule has 0 aliphatic carbocycles. The Morgan fingerprint density at radius 2 is 0.795 bits per heavy atom. The zero-order valence-corrected chi connectivity index (χ0v) is 70.6. The minimum Gasteiger partial charge on any atom is -0.0622 e. The number of hydrogen-bond donors (Lipinski definition) is 4. The van der Waals surface area contributed by atoms with Gasteiger partial charge in [0, 0.05) is 60.7 Å². The van der Waals surface area contributed by atoms with Crippen LogP contribution in [0.4, 0.5) is 11.4 Å². The van der Waals surface area contributed by atoms with Gasteiger partial charge in [0.2, 0.25) is 23.5 Å². The minimum atomic E-state index is -0.686. The standard InChI is InChI=1S/C28H24N6O2.C21H20BrN5O2.2C18H15P.C7H5N.C2H6.CH4.2ClH.Pd/c1-34-24-17-20(11-14-22-9-5-6-16-29-22)10-12-21(24)13-15-23(28(34)36)30-27(35)26-31-25(32-33-26)18-19-7-3-2-4-8-19;1-27-17-12-15(22)9-7-14(17)8-10-16(21(27)29)23-20(28)19-24-18(25-26-19)11-13-5-3-2-4-6-13;2*1-4-10-16(11-5-1)19(17-12-6-2-7-13-17)18-14-8-3-9-15-18;1-2-7-5-3-4-6-8-7;1-2;;;;/h2-10,12,16-17,23H,13,15,18H2,1H3,(H,30,35)(H,31,32,33);2-7,9,12,16H,8,10-11H2,1H3,(H,23,28)(H,24,25,26);2*1-15H;1,3-6H;1-2H3;1H4;2*1H;/q;;;;;;;;;+2/p-2/t23-;16-;;;;;;;;/m00......../s1. The molecule has 0 bridgehead atoms. The van der Waals surface area contributed by atoms with Gasteiger partial charge in [0.05, 0.1) is 0 Å². The van der Waals surface area contributed by atoms with Crippen LogP contribution in [0.5, 0.6) is 0 Å². The molecule has 22 heteroatoms. The number of fused-ring (bicyclic) bond motifs is 2. The first-order valence-electron chi connectivity index (χ1n) is 37.3. The molecule has 6 heterocycles. The van der Waals surface area contributed by atoms with Crippen molar-refractivity contribution >= 4 is 118 Å². The molecule has 16 nitrogen and oxygen atoms in total. The molecule has 4 amide bonds. The number of benzene rings is 10. The zero-order chi connectivity index (χ0) is 81.6. The molecule has 0 radical (unpaired) electrons. The van der Waals surface area contributed by atoms with E-state index >= 15 is 0 Å². The Bertz CT molecular complexity index is 5170. The summed E-state index contributed by atoms with van der Waals surface area (Å²) in [5.41, 5.74) is 8.01. The van der Waals surface area contributed by atoms with Gasteiger partial charge >= 0.3 is 35.0 Å². The van der Waals surface area contributed by atoms with E-state index in [4.69, 9.17) is 25.5 Å². The maximum Gasteiger partial charge on any atom is -0.0134 e. The summed E-state index contributed by atoms with van der Waals surface area (Å²) in [6.07, 6.45) is 11.8. The molecule has 10 aromatic carbocycles. The van der Waals surface area contributed by atoms with Crippen LogP contribution in [0, 0.1) is 24.2 Å². The number of aromatic nitrogens is 8. The summed E-state index contributed by atoms with van der Waals surface area (Å²) in [6.45, 7) is 4.00. The van der Waals surface area contributed by atoms with Gasteiger partial charge < -0.3 is 20.4 Å². The molecule has 0 unspecified atom stereocenters. The summed E-state index contributed by atoms with van der Waals surface area (Å²) < 4.78 is 0.907. The Labute approximate surface area is 713 Å². The second-order valence-corrected chi connectivity index (χ2v) is 33.3. The predicted octanol–water partition coefficient (Wildman–Crippen LogP) is 16.8. The SMILES string of the molecule is C.C#Cc1ccccn1.CC.CN1C(=O)[C@@H](NC(=O)c2n[nH]c(Cc3ccccc3)n2)CCc2ccc(Br)cc21.CN1C(=O)[C@@H](NC(=O)c2n[nH]c(Cc3ccccc3)n2)CCc2ccc(C#Cc3ccccn3)cc21.[Cl][Pd][Cl].c1ccc(P(c2ccccc2)c2ccccc2)cc1.c1ccc(P(c2ccccc2)c2ccccc2)cc1. The van der Waals surface area contributed by atoms with Crippen molar-refractivity contribution in [3.05, 3.63) is 395 Å². The molecule has 0 saturated heterocycles. The molecule has 0 saturated carbocycles. The van der Waals surface area contributed by atoms with Gasteiger partial charge in [-0.05, 0) is 150 Å². The van der Waals surface area contributed by atoms with Crippen molar-refractivity contribution in [1.82, 2.24) is 51.0 Å². The maximum absolute atomic E-state index is 13.2. The van der Waals surface area contributed by atoms with Crippen molar-refractivity contribution in [2.75, 3.05) is 23.9 Å². The van der Waals surface area contributed by atoms with Crippen LogP contribution in [-0.4, -0.2) is 90.1 Å². The van der Waals surface area contributed by atoms with Crippen molar-refractivity contribution < 1.29 is 35.1 Å². The number of H-pyrrole nitrogens is 2. The second-order valence-electron chi connectivity index (χ2n) is 25.6. The van der Waals surface area contributed by atoms with Gasteiger partial charge in [0.25, 0.3) is 11.8 Å². The smallest absolute Gasteiger partial charge is 0.0134 e. The number of terminal acetylenes is 1. The Hall–Kier alpha value is -11.6. The Morgan fingerprint density at radius 3 is 1.13 bits per heavy atom. The molecule has 14 aromatic rings. The number of aryl methyl sites for hydroxylation is 2. The maximum atomic E-state index is 13.2. The topological polar surface area (TPSA) is 208 Å². The van der Waals surface area contributed by atoms with Crippen LogP contribution in [0.2, 0.25) is 0 Å². The van der Waals surface area contributed by atoms with Crippen LogP contribution in [0.25, 0.3) is 0 Å². The van der Waals surface area contributed by atoms with E-state index in [1.807, 2.05) is 141 Å². The largest absolute Gasteiger partial charge is 0.0622 e. The van der Waals surface area contributed by atoms with E-state index in [1.54, 1.807) is 42.4 Å². The Morgan fingerprint density at radius 1 is 0.470 bits per heavy atom. The van der Waals surface area contributed by atoms with Crippen LogP contribution in [0.3, 0.4) is 0 Å². The number of carbonyl (C=O) groups is 4. The number of anilines is 2. The number of pyridine rings is 2. The minimum absolute atomic E-state index is 0. The van der Waals surface area contributed by atoms with Gasteiger partial charge in [0.1, 0.15) is 35.1 Å². The molecule has 2 aliphatic heterocycles. The zero-order valence-electron chi connectivity index (χ0n) is 64.2. The van der Waals surface area contributed by atoms with Gasteiger partial charge in [-0.1, -0.05) is 316 Å². The molecule has 2 aliphatic rings. The fourth-order valence-electron chi connectivity index (χ4n) is 12.4. The molecule has 4 aromatic heterocycles. The molecule has 4 N–H and O–H groups in total. The monoisotopic (exact) mass is 1780 g/mol. The van der Waals surface area contributed by atoms with Crippen molar-refractivity contribution in [3.8, 4) is 24.2 Å². The number of likely N-dealkylation sites (N-methyl/N-ethyl adjacent to an activating group) is 2. The first-order chi connectivity index (χ1) is 56.8. The number of amides is 4. The molecule has 0 fully saturated rings. The molecule has 117 heavy (non-hydrogen) atoms. The van der Waals surface area contributed by atoms with Gasteiger partial charge in [-0.25, -0.2) is 19.9 Å². The summed E-state index contributed by atoms with van der Waals surface area (Å²) in [7, 11) is 12.2. The average Bonchev–Trinajstić information content (AvgIpc) is 1.35. The van der Waals surface area contributed by atoms with E-state index in [-0.39, 0.29) is 46.8 Å². The number of hydrogen-bond acceptors (Lipinski definition) is 10. The third kappa shape index (κ3) is 27.0. The number of rotatable bonds is 14. The van der Waals surface area contributed by atoms with Crippen molar-refractivity contribution in [3.63, 3.8) is 0 Å². The molecular weight excluding hydrogens is 1690 g/mol. The van der Waals surface area contributed by atoms with Gasteiger partial charge in [-0.15, -0.1) is 16.6 Å². The third-order valence-electron chi connectivity index (χ3n) is 17.9. The van der Waals surface area contributed by atoms with Crippen LogP contribution in [0.1, 0.15) is 106 Å². The molecule has 2 atom stereocenters. The quantitative estimate of drug-likeness (QED) is 0.0460. The van der Waals surface area contributed by atoms with Crippen LogP contribution < -0.4 is 52.3 Å². The van der Waals surface area contributed by atoms with E-state index in [9.17, 15) is 19.2 Å². The first-order valence-corrected chi connectivity index (χ1v) is 44.8. The number of nitrogens with one attached hydrogen (secondary N) is 4. The van der Waals surface area contributed by atoms with Gasteiger partial charge in [-0.3, -0.25) is 29.4 Å². The van der Waals surface area contributed by atoms with E-state index in [1.165, 1.54) is 31.8 Å². The van der Waals surface area contributed by atoms with E-state index in [0.29, 0.717) is 61.6 Å². The van der Waals surface area contributed by atoms with Crippen LogP contribution >= 0.6 is 50.8 Å². The fraction of sp³-hybridized carbons (Fsp3) is 0.137. The third-order valence-corrected chi connectivity index (χ3v) is 23.3. The van der Waals surface area contributed by atoms with Crippen LogP contribution in [0.15, 0.2) is 332 Å². The summed E-state index contributed by atoms with van der Waals surface area (Å²) in [5.74, 6) is 8.52. The van der Waals surface area contributed by atoms with Crippen molar-refractivity contribution in [1.29, 1.82) is 0 Å². The average molecular weight is 1780 g/mol. The van der Waals surface area contributed by atoms with E-state index < -0.39 is 39.7 Å². The summed E-state index contributed by atoms with van der Waals surface area (Å²) in [4.78, 5) is 71.4. The summed E-state index contributed by atoms with van der Waals surface area (Å²) >= 11 is 3.34. The van der Waals surface area contributed by atoms with Crippen molar-refractivity contribution in [2.24, 2.45) is 0 Å². The number of carbonyl (C=O) groups excluding carboxylic acids is 4. The first kappa shape index (κ1) is 89.3. The predicted molar refractivity (Wildman–Crippen MR) is 480 cm³/mol. The second kappa shape index (κ2) is 48.0. The fourth-order valence-corrected chi connectivity index (χ4v) is 17.4. The van der Waals surface area contributed by atoms with Gasteiger partial charge in [0.15, 0.2) is 0 Å². The number of halogens is 3. The molecule has 16 rings (SSSR count). The molecule has 594 valence electrons. The Balaban J connectivity index is 0.000000173. The summed E-state index contributed by atoms with van der Waals surface area (Å²) in [5, 5.41) is 27.7. The number of nitrogens with zero attached hydrogens (tertiary/aromatic N) is 8. The van der Waals surface area contributed by atoms with Crippen LogP contribution in [-0.2, 0) is 51.2 Å². The van der Waals surface area contributed by atoms with Gasteiger partial charge in [-0.2, -0.15) is 0 Å². The molecule has 0 spiro atoms. The molecular formula is C95H89BrCl2N12O4P2Pd.